The van der Waals surface area contributed by atoms with E-state index in [0.717, 1.165) is 0 Å². The van der Waals surface area contributed by atoms with Gasteiger partial charge in [0.15, 0.2) is 0 Å². The van der Waals surface area contributed by atoms with Crippen molar-refractivity contribution in [3.63, 3.8) is 0 Å². The number of carbonyl (C=O) groups is 3. The largest absolute Gasteiger partial charge is 0.480 e. The molecular formula is C11H21N3O4. The first-order chi connectivity index (χ1) is 8.18. The SMILES string of the molecule is CCCN(CC(=O)O)C(=O)NC(C)(C)CC(N)=O. The zero-order valence-electron chi connectivity index (χ0n) is 11.0. The van der Waals surface area contributed by atoms with Crippen LogP contribution in [0, 0.1) is 0 Å². The topological polar surface area (TPSA) is 113 Å². The van der Waals surface area contributed by atoms with Crippen LogP contribution < -0.4 is 11.1 Å². The number of aliphatic carboxylic acids is 1. The summed E-state index contributed by atoms with van der Waals surface area (Å²) in [6.07, 6.45) is 0.642. The van der Waals surface area contributed by atoms with E-state index in [4.69, 9.17) is 10.8 Å². The van der Waals surface area contributed by atoms with Crippen LogP contribution in [-0.2, 0) is 9.59 Å². The van der Waals surface area contributed by atoms with E-state index in [0.29, 0.717) is 13.0 Å². The summed E-state index contributed by atoms with van der Waals surface area (Å²) in [4.78, 5) is 34.5. The molecule has 0 heterocycles. The van der Waals surface area contributed by atoms with Crippen LogP contribution in [0.4, 0.5) is 4.79 Å². The van der Waals surface area contributed by atoms with Crippen molar-refractivity contribution in [1.82, 2.24) is 10.2 Å². The number of rotatable bonds is 7. The molecule has 0 aromatic carbocycles. The second kappa shape index (κ2) is 6.83. The molecular weight excluding hydrogens is 238 g/mol. The van der Waals surface area contributed by atoms with Crippen LogP contribution in [0.5, 0.6) is 0 Å². The van der Waals surface area contributed by atoms with Crippen LogP contribution in [0.25, 0.3) is 0 Å². The summed E-state index contributed by atoms with van der Waals surface area (Å²) in [5.41, 5.74) is 4.27. The molecule has 4 N–H and O–H groups in total. The van der Waals surface area contributed by atoms with Crippen molar-refractivity contribution in [2.45, 2.75) is 39.2 Å². The van der Waals surface area contributed by atoms with Crippen molar-refractivity contribution in [2.75, 3.05) is 13.1 Å². The first-order valence-electron chi connectivity index (χ1n) is 5.75. The molecule has 7 heteroatoms. The monoisotopic (exact) mass is 259 g/mol. The minimum atomic E-state index is -1.08. The molecule has 0 saturated carbocycles. The summed E-state index contributed by atoms with van der Waals surface area (Å²) >= 11 is 0. The number of nitrogens with zero attached hydrogens (tertiary/aromatic N) is 1. The van der Waals surface area contributed by atoms with Gasteiger partial charge in [-0.25, -0.2) is 4.79 Å². The van der Waals surface area contributed by atoms with Gasteiger partial charge in [0.05, 0.1) is 0 Å². The average molecular weight is 259 g/mol. The molecule has 0 saturated heterocycles. The molecule has 0 fully saturated rings. The number of nitrogens with one attached hydrogen (secondary N) is 1. The first-order valence-corrected chi connectivity index (χ1v) is 5.75. The molecule has 0 radical (unpaired) electrons. The van der Waals surface area contributed by atoms with E-state index in [1.165, 1.54) is 4.90 Å². The predicted octanol–water partition coefficient (Wildman–Crippen LogP) is 0.147. The van der Waals surface area contributed by atoms with Crippen LogP contribution >= 0.6 is 0 Å². The molecule has 0 aliphatic heterocycles. The van der Waals surface area contributed by atoms with Crippen LogP contribution in [0.2, 0.25) is 0 Å². The highest BCUT2D eigenvalue weighted by atomic mass is 16.4. The predicted molar refractivity (Wildman–Crippen MR) is 65.9 cm³/mol. The van der Waals surface area contributed by atoms with Crippen LogP contribution in [-0.4, -0.2) is 46.5 Å². The van der Waals surface area contributed by atoms with Gasteiger partial charge in [-0.3, -0.25) is 9.59 Å². The maximum absolute atomic E-state index is 11.9. The highest BCUT2D eigenvalue weighted by Gasteiger charge is 2.26. The molecule has 0 aromatic heterocycles. The number of hydrogen-bond acceptors (Lipinski definition) is 3. The third-order valence-electron chi connectivity index (χ3n) is 2.17. The Labute approximate surface area is 106 Å². The zero-order valence-corrected chi connectivity index (χ0v) is 11.0. The van der Waals surface area contributed by atoms with Gasteiger partial charge in [-0.05, 0) is 20.3 Å². The summed E-state index contributed by atoms with van der Waals surface area (Å²) < 4.78 is 0. The van der Waals surface area contributed by atoms with E-state index >= 15 is 0 Å². The van der Waals surface area contributed by atoms with Crippen LogP contribution in [0.3, 0.4) is 0 Å². The van der Waals surface area contributed by atoms with Gasteiger partial charge in [-0.2, -0.15) is 0 Å². The Morgan fingerprint density at radius 3 is 2.28 bits per heavy atom. The highest BCUT2D eigenvalue weighted by molar-refractivity contribution is 5.81. The summed E-state index contributed by atoms with van der Waals surface area (Å²) in [6, 6.07) is -0.509. The molecule has 104 valence electrons. The number of primary amides is 1. The van der Waals surface area contributed by atoms with Crippen molar-refractivity contribution in [3.05, 3.63) is 0 Å². The van der Waals surface area contributed by atoms with Crippen molar-refractivity contribution < 1.29 is 19.5 Å². The smallest absolute Gasteiger partial charge is 0.323 e. The second-order valence-corrected chi connectivity index (χ2v) is 4.77. The lowest BCUT2D eigenvalue weighted by Crippen LogP contribution is -2.52. The molecule has 0 spiro atoms. The molecule has 0 aromatic rings. The number of nitrogens with two attached hydrogens (primary N) is 1. The van der Waals surface area contributed by atoms with Gasteiger partial charge in [0.2, 0.25) is 5.91 Å². The molecule has 0 aliphatic carbocycles. The number of carboxylic acids is 1. The van der Waals surface area contributed by atoms with E-state index in [-0.39, 0.29) is 13.0 Å². The normalized spacial score (nSPS) is 10.8. The third kappa shape index (κ3) is 6.72. The van der Waals surface area contributed by atoms with Crippen molar-refractivity contribution in [2.24, 2.45) is 5.73 Å². The van der Waals surface area contributed by atoms with Gasteiger partial charge in [0.25, 0.3) is 0 Å². The summed E-state index contributed by atoms with van der Waals surface area (Å²) in [5, 5.41) is 11.3. The first kappa shape index (κ1) is 16.2. The molecule has 0 unspecified atom stereocenters. The minimum absolute atomic E-state index is 0.00816. The fraction of sp³-hybridized carbons (Fsp3) is 0.727. The number of carbonyl (C=O) groups excluding carboxylic acids is 2. The fourth-order valence-electron chi connectivity index (χ4n) is 1.53. The van der Waals surface area contributed by atoms with Gasteiger partial charge >= 0.3 is 12.0 Å². The van der Waals surface area contributed by atoms with E-state index in [1.54, 1.807) is 13.8 Å². The molecule has 0 bridgehead atoms. The van der Waals surface area contributed by atoms with Crippen molar-refractivity contribution >= 4 is 17.9 Å². The van der Waals surface area contributed by atoms with Crippen LogP contribution in [0.1, 0.15) is 33.6 Å². The number of urea groups is 1. The minimum Gasteiger partial charge on any atom is -0.480 e. The Balaban J connectivity index is 4.58. The van der Waals surface area contributed by atoms with Gasteiger partial charge < -0.3 is 21.1 Å². The fourth-order valence-corrected chi connectivity index (χ4v) is 1.53. The lowest BCUT2D eigenvalue weighted by Gasteiger charge is -2.29. The van der Waals surface area contributed by atoms with Gasteiger partial charge in [0, 0.05) is 18.5 Å². The van der Waals surface area contributed by atoms with Gasteiger partial charge in [-0.15, -0.1) is 0 Å². The Kier molecular flexibility index (Phi) is 6.15. The number of carboxylic acid groups (broad SMARTS) is 1. The Morgan fingerprint density at radius 1 is 1.33 bits per heavy atom. The van der Waals surface area contributed by atoms with E-state index in [9.17, 15) is 14.4 Å². The zero-order chi connectivity index (χ0) is 14.3. The quantitative estimate of drug-likeness (QED) is 0.603. The lowest BCUT2D eigenvalue weighted by molar-refractivity contribution is -0.137. The average Bonchev–Trinajstić information content (AvgIpc) is 2.12. The van der Waals surface area contributed by atoms with E-state index in [2.05, 4.69) is 5.32 Å². The third-order valence-corrected chi connectivity index (χ3v) is 2.17. The molecule has 0 atom stereocenters. The molecule has 0 aliphatic rings. The summed E-state index contributed by atoms with van der Waals surface area (Å²) in [7, 11) is 0. The molecule has 18 heavy (non-hydrogen) atoms. The standard InChI is InChI=1S/C11H21N3O4/c1-4-5-14(7-9(16)17)10(18)13-11(2,3)6-8(12)15/h4-7H2,1-3H3,(H2,12,15)(H,13,18)(H,16,17). The number of amides is 3. The Morgan fingerprint density at radius 2 is 1.89 bits per heavy atom. The van der Waals surface area contributed by atoms with Crippen LogP contribution in [0.15, 0.2) is 0 Å². The molecule has 7 nitrogen and oxygen atoms in total. The van der Waals surface area contributed by atoms with E-state index in [1.807, 2.05) is 6.92 Å². The molecule has 0 rings (SSSR count). The molecule has 3 amide bonds. The highest BCUT2D eigenvalue weighted by Crippen LogP contribution is 2.08. The summed E-state index contributed by atoms with van der Waals surface area (Å²) in [6.45, 7) is 5.12. The Hall–Kier alpha value is -1.79. The van der Waals surface area contributed by atoms with Gasteiger partial charge in [0.1, 0.15) is 6.54 Å². The van der Waals surface area contributed by atoms with Crippen molar-refractivity contribution in [1.29, 1.82) is 0 Å². The summed E-state index contributed by atoms with van der Waals surface area (Å²) in [5.74, 6) is -1.60. The maximum Gasteiger partial charge on any atom is 0.323 e. The number of hydrogen-bond donors (Lipinski definition) is 3. The second-order valence-electron chi connectivity index (χ2n) is 4.77. The lowest BCUT2D eigenvalue weighted by atomic mass is 10.0. The Bertz CT molecular complexity index is 328. The van der Waals surface area contributed by atoms with Crippen molar-refractivity contribution in [3.8, 4) is 0 Å². The van der Waals surface area contributed by atoms with E-state index < -0.39 is 23.4 Å². The maximum atomic E-state index is 11.9. The van der Waals surface area contributed by atoms with Gasteiger partial charge in [-0.1, -0.05) is 6.92 Å².